The Bertz CT molecular complexity index is 401. The Labute approximate surface area is 120 Å². The van der Waals surface area contributed by atoms with E-state index >= 15 is 0 Å². The smallest absolute Gasteiger partial charge is 0.0849 e. The van der Waals surface area contributed by atoms with Gasteiger partial charge in [-0.1, -0.05) is 31.4 Å². The highest BCUT2D eigenvalue weighted by molar-refractivity contribution is 6.31. The van der Waals surface area contributed by atoms with Gasteiger partial charge in [0.25, 0.3) is 0 Å². The number of aryl methyl sites for hydroxylation is 2. The fourth-order valence-electron chi connectivity index (χ4n) is 2.85. The molecule has 1 aromatic rings. The Balaban J connectivity index is 2.19. The molecular formula is C14H22Cl2N2. The van der Waals surface area contributed by atoms with Crippen LogP contribution in [0.2, 0.25) is 5.02 Å². The molecule has 0 N–H and O–H groups in total. The van der Waals surface area contributed by atoms with Crippen LogP contribution in [0.4, 0.5) is 0 Å². The van der Waals surface area contributed by atoms with Gasteiger partial charge in [0.15, 0.2) is 0 Å². The maximum absolute atomic E-state index is 6.45. The van der Waals surface area contributed by atoms with Gasteiger partial charge in [0, 0.05) is 11.9 Å². The average Bonchev–Trinajstić information content (AvgIpc) is 2.69. The third kappa shape index (κ3) is 2.85. The Hall–Kier alpha value is -0.210. The van der Waals surface area contributed by atoms with Crippen molar-refractivity contribution in [3.8, 4) is 0 Å². The second-order valence-electron chi connectivity index (χ2n) is 5.14. The topological polar surface area (TPSA) is 17.8 Å². The number of alkyl halides is 1. The van der Waals surface area contributed by atoms with E-state index in [1.54, 1.807) is 0 Å². The molecule has 0 bridgehead atoms. The number of hydrogen-bond donors (Lipinski definition) is 0. The first-order valence-electron chi connectivity index (χ1n) is 7.05. The maximum atomic E-state index is 6.45. The number of halogens is 2. The first-order valence-corrected chi connectivity index (χ1v) is 7.86. The van der Waals surface area contributed by atoms with E-state index in [0.29, 0.717) is 11.3 Å². The summed E-state index contributed by atoms with van der Waals surface area (Å²) in [5, 5.41) is 5.75. The van der Waals surface area contributed by atoms with Crippen molar-refractivity contribution in [3.63, 3.8) is 0 Å². The number of hydrogen-bond acceptors (Lipinski definition) is 1. The summed E-state index contributed by atoms with van der Waals surface area (Å²) in [5.74, 6) is 0.560. The minimum atomic E-state index is 0.306. The molecule has 0 saturated heterocycles. The molecule has 102 valence electrons. The van der Waals surface area contributed by atoms with Gasteiger partial charge in [-0.15, -0.1) is 11.6 Å². The molecular weight excluding hydrogens is 267 g/mol. The fraction of sp³-hybridized carbons (Fsp3) is 0.786. The van der Waals surface area contributed by atoms with Crippen molar-refractivity contribution in [2.45, 2.75) is 64.3 Å². The summed E-state index contributed by atoms with van der Waals surface area (Å²) in [4.78, 5) is 0. The maximum Gasteiger partial charge on any atom is 0.0849 e. The summed E-state index contributed by atoms with van der Waals surface area (Å²) < 4.78 is 2.05. The first kappa shape index (κ1) is 14.2. The third-order valence-electron chi connectivity index (χ3n) is 3.97. The molecule has 1 saturated carbocycles. The lowest BCUT2D eigenvalue weighted by Crippen LogP contribution is -2.23. The van der Waals surface area contributed by atoms with E-state index in [2.05, 4.69) is 23.6 Å². The Kier molecular flexibility index (Phi) is 4.97. The molecule has 0 spiro atoms. The van der Waals surface area contributed by atoms with Gasteiger partial charge in [0.05, 0.1) is 16.4 Å². The van der Waals surface area contributed by atoms with Crippen LogP contribution in [-0.2, 0) is 19.4 Å². The Morgan fingerprint density at radius 3 is 2.61 bits per heavy atom. The second kappa shape index (κ2) is 6.29. The Morgan fingerprint density at radius 1 is 1.28 bits per heavy atom. The average molecular weight is 289 g/mol. The number of nitrogens with zero attached hydrogens (tertiary/aromatic N) is 2. The highest BCUT2D eigenvalue weighted by atomic mass is 35.5. The minimum Gasteiger partial charge on any atom is -0.268 e. The lowest BCUT2D eigenvalue weighted by atomic mass is 9.85. The molecule has 4 heteroatoms. The van der Waals surface area contributed by atoms with Gasteiger partial charge < -0.3 is 0 Å². The van der Waals surface area contributed by atoms with Gasteiger partial charge in [0.2, 0.25) is 0 Å². The zero-order valence-corrected chi connectivity index (χ0v) is 12.8. The van der Waals surface area contributed by atoms with Crippen LogP contribution >= 0.6 is 23.2 Å². The highest BCUT2D eigenvalue weighted by Gasteiger charge is 2.26. The molecule has 1 aliphatic carbocycles. The molecule has 0 amide bonds. The van der Waals surface area contributed by atoms with Crippen LogP contribution in [-0.4, -0.2) is 15.2 Å². The SMILES string of the molecule is CCc1nn(CC)c(CC2CCCCC2Cl)c1Cl. The lowest BCUT2D eigenvalue weighted by molar-refractivity contribution is 0.356. The summed E-state index contributed by atoms with van der Waals surface area (Å²) in [6, 6.07) is 0. The molecule has 2 rings (SSSR count). The van der Waals surface area contributed by atoms with Crippen molar-refractivity contribution in [2.24, 2.45) is 5.92 Å². The summed E-state index contributed by atoms with van der Waals surface area (Å²) in [5.41, 5.74) is 2.21. The van der Waals surface area contributed by atoms with E-state index in [0.717, 1.165) is 36.5 Å². The fourth-order valence-corrected chi connectivity index (χ4v) is 3.57. The second-order valence-corrected chi connectivity index (χ2v) is 6.08. The normalized spacial score (nSPS) is 24.4. The summed E-state index contributed by atoms with van der Waals surface area (Å²) in [6.45, 7) is 5.10. The van der Waals surface area contributed by atoms with Crippen molar-refractivity contribution < 1.29 is 0 Å². The summed E-state index contributed by atoms with van der Waals surface area (Å²) in [7, 11) is 0. The van der Waals surface area contributed by atoms with Crippen LogP contribution < -0.4 is 0 Å². The van der Waals surface area contributed by atoms with E-state index in [4.69, 9.17) is 23.2 Å². The van der Waals surface area contributed by atoms with Crippen LogP contribution in [0.5, 0.6) is 0 Å². The quantitative estimate of drug-likeness (QED) is 0.748. The van der Waals surface area contributed by atoms with Gasteiger partial charge in [-0.05, 0) is 38.5 Å². The van der Waals surface area contributed by atoms with Crippen LogP contribution in [0.3, 0.4) is 0 Å². The standard InChI is InChI=1S/C14H22Cl2N2/c1-3-12-14(16)13(18(4-2)17-12)9-10-7-5-6-8-11(10)15/h10-11H,3-9H2,1-2H3. The van der Waals surface area contributed by atoms with Crippen molar-refractivity contribution >= 4 is 23.2 Å². The Morgan fingerprint density at radius 2 is 2.00 bits per heavy atom. The van der Waals surface area contributed by atoms with Gasteiger partial charge in [-0.3, -0.25) is 4.68 Å². The number of rotatable bonds is 4. The molecule has 2 nitrogen and oxygen atoms in total. The third-order valence-corrected chi connectivity index (χ3v) is 4.98. The zero-order valence-electron chi connectivity index (χ0n) is 11.3. The molecule has 2 unspecified atom stereocenters. The minimum absolute atomic E-state index is 0.306. The summed E-state index contributed by atoms with van der Waals surface area (Å²) >= 11 is 12.9. The number of aromatic nitrogens is 2. The van der Waals surface area contributed by atoms with Crippen molar-refractivity contribution in [1.29, 1.82) is 0 Å². The lowest BCUT2D eigenvalue weighted by Gasteiger charge is -2.27. The molecule has 0 radical (unpaired) electrons. The monoisotopic (exact) mass is 288 g/mol. The molecule has 2 atom stereocenters. The predicted molar refractivity (Wildman–Crippen MR) is 77.6 cm³/mol. The van der Waals surface area contributed by atoms with Gasteiger partial charge in [-0.2, -0.15) is 5.10 Å². The summed E-state index contributed by atoms with van der Waals surface area (Å²) in [6.07, 6.45) is 6.81. The van der Waals surface area contributed by atoms with Crippen LogP contribution in [0.25, 0.3) is 0 Å². The predicted octanol–water partition coefficient (Wildman–Crippen LogP) is 4.46. The van der Waals surface area contributed by atoms with Crippen molar-refractivity contribution in [2.75, 3.05) is 0 Å². The first-order chi connectivity index (χ1) is 8.67. The van der Waals surface area contributed by atoms with Crippen LogP contribution in [0, 0.1) is 5.92 Å². The molecule has 0 aromatic carbocycles. The van der Waals surface area contributed by atoms with Gasteiger partial charge in [0.1, 0.15) is 0 Å². The van der Waals surface area contributed by atoms with Crippen molar-refractivity contribution in [3.05, 3.63) is 16.4 Å². The van der Waals surface area contributed by atoms with Crippen LogP contribution in [0.15, 0.2) is 0 Å². The largest absolute Gasteiger partial charge is 0.268 e. The van der Waals surface area contributed by atoms with E-state index in [9.17, 15) is 0 Å². The molecule has 0 aliphatic heterocycles. The molecule has 18 heavy (non-hydrogen) atoms. The molecule has 1 aromatic heterocycles. The zero-order chi connectivity index (χ0) is 13.1. The van der Waals surface area contributed by atoms with Crippen LogP contribution in [0.1, 0.15) is 50.9 Å². The van der Waals surface area contributed by atoms with E-state index in [1.165, 1.54) is 25.0 Å². The van der Waals surface area contributed by atoms with E-state index in [-0.39, 0.29) is 0 Å². The highest BCUT2D eigenvalue weighted by Crippen LogP contribution is 2.33. The molecule has 1 aliphatic rings. The molecule has 1 fully saturated rings. The van der Waals surface area contributed by atoms with Gasteiger partial charge >= 0.3 is 0 Å². The van der Waals surface area contributed by atoms with E-state index < -0.39 is 0 Å². The van der Waals surface area contributed by atoms with Crippen molar-refractivity contribution in [1.82, 2.24) is 9.78 Å². The van der Waals surface area contributed by atoms with E-state index in [1.807, 2.05) is 0 Å². The molecule has 1 heterocycles. The van der Waals surface area contributed by atoms with Gasteiger partial charge in [-0.25, -0.2) is 0 Å².